The Bertz CT molecular complexity index is 761. The summed E-state index contributed by atoms with van der Waals surface area (Å²) in [6.45, 7) is 0. The molecule has 0 saturated carbocycles. The Kier molecular flexibility index (Phi) is 6.75. The second-order valence-electron chi connectivity index (χ2n) is 4.87. The summed E-state index contributed by atoms with van der Waals surface area (Å²) in [6, 6.07) is 7.51. The van der Waals surface area contributed by atoms with E-state index in [-0.39, 0.29) is 11.5 Å². The fourth-order valence-electron chi connectivity index (χ4n) is 1.94. The first-order chi connectivity index (χ1) is 11.5. The van der Waals surface area contributed by atoms with E-state index < -0.39 is 5.83 Å². The third kappa shape index (κ3) is 5.32. The highest BCUT2D eigenvalue weighted by Gasteiger charge is 2.06. The van der Waals surface area contributed by atoms with Crippen molar-refractivity contribution < 1.29 is 8.78 Å². The highest BCUT2D eigenvalue weighted by atomic mass is 35.5. The van der Waals surface area contributed by atoms with Gasteiger partial charge in [-0.2, -0.15) is 0 Å². The van der Waals surface area contributed by atoms with Gasteiger partial charge >= 0.3 is 0 Å². The maximum atomic E-state index is 14.2. The second-order valence-corrected chi connectivity index (χ2v) is 6.42. The van der Waals surface area contributed by atoms with Crippen molar-refractivity contribution in [1.29, 1.82) is 0 Å². The largest absolute Gasteiger partial charge is 0.379 e. The zero-order chi connectivity index (χ0) is 17.5. The number of nitrogens with zero attached hydrogens (tertiary/aromatic N) is 2. The van der Waals surface area contributed by atoms with Crippen molar-refractivity contribution in [3.63, 3.8) is 0 Å². The molecule has 1 heterocycles. The van der Waals surface area contributed by atoms with Crippen molar-refractivity contribution in [2.24, 2.45) is 10.7 Å². The van der Waals surface area contributed by atoms with Gasteiger partial charge in [-0.05, 0) is 47.9 Å². The molecule has 1 aromatic heterocycles. The first-order valence-electron chi connectivity index (χ1n) is 7.12. The summed E-state index contributed by atoms with van der Waals surface area (Å²) in [5.41, 5.74) is 6.82. The molecule has 0 bridgehead atoms. The average molecular weight is 368 g/mol. The molecule has 2 rings (SSSR count). The number of benzene rings is 1. The lowest BCUT2D eigenvalue weighted by molar-refractivity contribution is 0.612. The fourth-order valence-corrected chi connectivity index (χ4v) is 2.72. The first-order valence-corrected chi connectivity index (χ1v) is 8.48. The Labute approximate surface area is 148 Å². The van der Waals surface area contributed by atoms with Gasteiger partial charge in [0.25, 0.3) is 0 Å². The molecular weight excluding hydrogens is 352 g/mol. The van der Waals surface area contributed by atoms with Crippen LogP contribution in [0.15, 0.2) is 41.5 Å². The van der Waals surface area contributed by atoms with Crippen LogP contribution in [0.5, 0.6) is 0 Å². The van der Waals surface area contributed by atoms with E-state index in [0.29, 0.717) is 33.5 Å². The van der Waals surface area contributed by atoms with Crippen LogP contribution in [-0.4, -0.2) is 23.0 Å². The summed E-state index contributed by atoms with van der Waals surface area (Å²) < 4.78 is 28.1. The van der Waals surface area contributed by atoms with Crippen LogP contribution < -0.4 is 5.73 Å². The third-order valence-electron chi connectivity index (χ3n) is 3.18. The number of thioether (sulfide) groups is 1. The molecule has 126 valence electrons. The van der Waals surface area contributed by atoms with Gasteiger partial charge in [-0.15, -0.1) is 0 Å². The smallest absolute Gasteiger partial charge is 0.153 e. The number of aromatic nitrogens is 1. The molecule has 0 spiro atoms. The minimum atomic E-state index is -0.513. The molecule has 0 unspecified atom stereocenters. The summed E-state index contributed by atoms with van der Waals surface area (Å²) in [7, 11) is 1.60. The minimum absolute atomic E-state index is 0.174. The summed E-state index contributed by atoms with van der Waals surface area (Å²) in [6.07, 6.45) is 3.15. The Balaban J connectivity index is 2.14. The molecule has 0 aliphatic heterocycles. The van der Waals surface area contributed by atoms with E-state index in [0.717, 1.165) is 0 Å². The van der Waals surface area contributed by atoms with Crippen molar-refractivity contribution in [2.75, 3.05) is 12.8 Å². The van der Waals surface area contributed by atoms with Crippen LogP contribution in [0, 0.1) is 5.82 Å². The fraction of sp³-hybridized carbons (Fsp3) is 0.176. The van der Waals surface area contributed by atoms with Gasteiger partial charge in [0.2, 0.25) is 0 Å². The standard InChI is InChI=1S/C17H16ClF2N3S/c1-22-17(21)24-7-6-12-8-11(2-4-14(12)19)9-15(20)16-5-3-13(18)10-23-16/h2-5,8-10H,6-7H2,1H3,(H2,21,22)/b15-9-. The normalized spacial score (nSPS) is 12.5. The van der Waals surface area contributed by atoms with Crippen LogP contribution in [0.1, 0.15) is 16.8 Å². The number of hydrogen-bond donors (Lipinski definition) is 1. The van der Waals surface area contributed by atoms with E-state index in [9.17, 15) is 8.78 Å². The van der Waals surface area contributed by atoms with Gasteiger partial charge < -0.3 is 5.73 Å². The molecule has 2 aromatic rings. The molecule has 24 heavy (non-hydrogen) atoms. The number of rotatable bonds is 5. The van der Waals surface area contributed by atoms with Crippen molar-refractivity contribution in [3.8, 4) is 0 Å². The van der Waals surface area contributed by atoms with Crippen LogP contribution in [-0.2, 0) is 6.42 Å². The molecule has 2 N–H and O–H groups in total. The van der Waals surface area contributed by atoms with E-state index in [1.54, 1.807) is 19.2 Å². The van der Waals surface area contributed by atoms with E-state index in [1.165, 1.54) is 42.2 Å². The van der Waals surface area contributed by atoms with Crippen LogP contribution >= 0.6 is 23.4 Å². The molecule has 0 amide bonds. The quantitative estimate of drug-likeness (QED) is 0.622. The van der Waals surface area contributed by atoms with Gasteiger partial charge in [0.15, 0.2) is 5.17 Å². The molecule has 1 aromatic carbocycles. The number of halogens is 3. The van der Waals surface area contributed by atoms with Gasteiger partial charge in [0.05, 0.1) is 10.7 Å². The highest BCUT2D eigenvalue weighted by Crippen LogP contribution is 2.21. The Hall–Kier alpha value is -1.92. The third-order valence-corrected chi connectivity index (χ3v) is 4.29. The Morgan fingerprint density at radius 3 is 2.83 bits per heavy atom. The molecule has 0 atom stereocenters. The topological polar surface area (TPSA) is 51.3 Å². The Morgan fingerprint density at radius 2 is 2.17 bits per heavy atom. The van der Waals surface area contributed by atoms with Crippen molar-refractivity contribution in [3.05, 3.63) is 64.2 Å². The lowest BCUT2D eigenvalue weighted by atomic mass is 10.1. The van der Waals surface area contributed by atoms with Gasteiger partial charge in [-0.3, -0.25) is 9.98 Å². The number of pyridine rings is 1. The Morgan fingerprint density at radius 1 is 1.38 bits per heavy atom. The minimum Gasteiger partial charge on any atom is -0.379 e. The predicted octanol–water partition coefficient (Wildman–Crippen LogP) is 4.56. The lowest BCUT2D eigenvalue weighted by Gasteiger charge is -2.05. The second kappa shape index (κ2) is 8.80. The SMILES string of the molecule is C/N=C(/N)SCCc1cc(/C=C(\F)c2ccc(Cl)cn2)ccc1F. The maximum Gasteiger partial charge on any atom is 0.153 e. The van der Waals surface area contributed by atoms with Crippen molar-refractivity contribution in [2.45, 2.75) is 6.42 Å². The van der Waals surface area contributed by atoms with Gasteiger partial charge in [-0.1, -0.05) is 29.4 Å². The number of aliphatic imine (C=N–C) groups is 1. The summed E-state index contributed by atoms with van der Waals surface area (Å²) in [5, 5.41) is 0.884. The van der Waals surface area contributed by atoms with Crippen LogP contribution in [0.25, 0.3) is 11.9 Å². The predicted molar refractivity (Wildman–Crippen MR) is 98.3 cm³/mol. The number of hydrogen-bond acceptors (Lipinski definition) is 3. The monoisotopic (exact) mass is 367 g/mol. The van der Waals surface area contributed by atoms with Gasteiger partial charge in [0.1, 0.15) is 11.6 Å². The van der Waals surface area contributed by atoms with E-state index in [1.807, 2.05) is 0 Å². The molecule has 0 aliphatic carbocycles. The zero-order valence-corrected chi connectivity index (χ0v) is 14.5. The number of nitrogens with two attached hydrogens (primary N) is 1. The molecule has 0 radical (unpaired) electrons. The number of amidine groups is 1. The van der Waals surface area contributed by atoms with E-state index >= 15 is 0 Å². The van der Waals surface area contributed by atoms with Crippen LogP contribution in [0.4, 0.5) is 8.78 Å². The van der Waals surface area contributed by atoms with Crippen LogP contribution in [0.3, 0.4) is 0 Å². The van der Waals surface area contributed by atoms with Crippen LogP contribution in [0.2, 0.25) is 5.02 Å². The summed E-state index contributed by atoms with van der Waals surface area (Å²) in [4.78, 5) is 7.74. The average Bonchev–Trinajstić information content (AvgIpc) is 2.58. The highest BCUT2D eigenvalue weighted by molar-refractivity contribution is 8.13. The molecule has 0 aliphatic rings. The summed E-state index contributed by atoms with van der Waals surface area (Å²) >= 11 is 7.08. The lowest BCUT2D eigenvalue weighted by Crippen LogP contribution is -2.07. The zero-order valence-electron chi connectivity index (χ0n) is 13.0. The molecule has 7 heteroatoms. The number of aryl methyl sites for hydroxylation is 1. The van der Waals surface area contributed by atoms with E-state index in [2.05, 4.69) is 9.98 Å². The van der Waals surface area contributed by atoms with Gasteiger partial charge in [0, 0.05) is 19.0 Å². The molecule has 0 fully saturated rings. The molecule has 0 saturated heterocycles. The first kappa shape index (κ1) is 18.4. The van der Waals surface area contributed by atoms with Gasteiger partial charge in [-0.25, -0.2) is 8.78 Å². The van der Waals surface area contributed by atoms with Crippen molar-refractivity contribution >= 4 is 40.4 Å². The van der Waals surface area contributed by atoms with Crippen molar-refractivity contribution in [1.82, 2.24) is 4.98 Å². The maximum absolute atomic E-state index is 14.2. The molecular formula is C17H16ClF2N3S. The summed E-state index contributed by atoms with van der Waals surface area (Å²) in [5.74, 6) is -0.250. The molecule has 3 nitrogen and oxygen atoms in total. The van der Waals surface area contributed by atoms with E-state index in [4.69, 9.17) is 17.3 Å².